The van der Waals surface area contributed by atoms with Gasteiger partial charge in [-0.05, 0) is 332 Å². The normalized spacial score (nSPS) is 15.7. The lowest BCUT2D eigenvalue weighted by Gasteiger charge is -2.23. The fourth-order valence-electron chi connectivity index (χ4n) is 25.0. The van der Waals surface area contributed by atoms with Crippen LogP contribution in [-0.4, -0.2) is 0 Å². The summed E-state index contributed by atoms with van der Waals surface area (Å²) in [5.74, 6) is 0. The standard InChI is InChI=1S/2C51H34O.C45H30O/c1-51(2)44-23-10-9-17-36(44)37-26-25-34(29-45(37)51)31-15-11-16-35(27-31)48-38-18-5-7-20-40(38)49(41-21-8-6-19-39(41)48)42-22-12-24-46-50(42)43-28-32-13-3-4-14-33(32)30-47(43)52-46;1-51(2)44-20-10-9-14-36(44)37-27-26-35(29-45(37)51)31-22-24-32(25-23-31)48-38-15-5-7-17-40(38)49(41-18-8-6-16-39(41)48)42-19-11-21-46-50(42)43-28-33-12-3-4-13-34(33)30-47(43)52-46;1-45(2)38-20-10-9-14-30(38)31-23-22-29(25-39(31)45)42-32-15-5-7-17-34(32)43(35-18-8-6-16-33(35)42)36-19-11-21-40-44(36)37-24-27-12-3-4-13-28(27)26-41(37)46-40/h2*3-30H,1-2H3;3-26H,1-2H3/i5D,6D,7D,8D,18D,19D,20D,21D;2*5D,6D,7D,8D,15D,16D,17D,18D. The summed E-state index contributed by atoms with van der Waals surface area (Å²) in [6.07, 6.45) is 0. The zero-order valence-electron chi connectivity index (χ0n) is 106. The molecule has 0 spiro atoms. The Bertz CT molecular complexity index is 12200. The molecular formula is C147H98O3. The van der Waals surface area contributed by atoms with Crippen molar-refractivity contribution in [2.24, 2.45) is 0 Å². The van der Waals surface area contributed by atoms with Gasteiger partial charge in [-0.1, -0.05) is 447 Å². The number of furan rings is 3. The molecular weight excluding hydrogens is 1810 g/mol. The van der Waals surface area contributed by atoms with Crippen LogP contribution in [0.1, 0.15) is 108 Å². The highest BCUT2D eigenvalue weighted by atomic mass is 16.3. The lowest BCUT2D eigenvalue weighted by Crippen LogP contribution is -2.14. The molecule has 3 heterocycles. The van der Waals surface area contributed by atoms with Crippen LogP contribution in [0.5, 0.6) is 0 Å². The monoisotopic (exact) mass is 1930 g/mol. The molecule has 0 N–H and O–H groups in total. The minimum absolute atomic E-state index is 0.165. The van der Waals surface area contributed by atoms with Crippen molar-refractivity contribution in [2.45, 2.75) is 57.8 Å². The summed E-state index contributed by atoms with van der Waals surface area (Å²) in [5, 5.41) is 12.4. The second-order valence-electron chi connectivity index (χ2n) is 41.1. The van der Waals surface area contributed by atoms with E-state index in [1.807, 2.05) is 237 Å². The lowest BCUT2D eigenvalue weighted by molar-refractivity contribution is 0.660. The average molecular weight is 1940 g/mol. The minimum atomic E-state index is -0.439. The second kappa shape index (κ2) is 33.2. The van der Waals surface area contributed by atoms with Gasteiger partial charge in [0, 0.05) is 48.6 Å². The molecule has 704 valence electrons. The lowest BCUT2D eigenvalue weighted by atomic mass is 9.80. The Labute approximate surface area is 902 Å². The topological polar surface area (TPSA) is 39.4 Å². The van der Waals surface area contributed by atoms with Crippen molar-refractivity contribution in [1.29, 1.82) is 0 Å². The molecule has 0 bridgehead atoms. The first-order chi connectivity index (χ1) is 83.6. The van der Waals surface area contributed by atoms with Gasteiger partial charge in [0.25, 0.3) is 0 Å². The molecule has 3 aliphatic carbocycles. The van der Waals surface area contributed by atoms with Gasteiger partial charge in [-0.15, -0.1) is 0 Å². The van der Waals surface area contributed by atoms with Crippen LogP contribution in [0.15, 0.2) is 498 Å². The number of hydrogen-bond acceptors (Lipinski definition) is 3. The van der Waals surface area contributed by atoms with Crippen molar-refractivity contribution in [3.05, 3.63) is 518 Å². The smallest absolute Gasteiger partial charge is 0.136 e. The molecule has 3 aromatic heterocycles. The van der Waals surface area contributed by atoms with E-state index in [2.05, 4.69) is 139 Å². The zero-order valence-corrected chi connectivity index (χ0v) is 82.1. The van der Waals surface area contributed by atoms with Gasteiger partial charge in [-0.3, -0.25) is 0 Å². The Kier molecular flexibility index (Phi) is 14.6. The van der Waals surface area contributed by atoms with E-state index in [1.165, 1.54) is 50.1 Å². The van der Waals surface area contributed by atoms with Gasteiger partial charge in [0.15, 0.2) is 0 Å². The summed E-state index contributed by atoms with van der Waals surface area (Å²) in [6.45, 7) is 13.2. The summed E-state index contributed by atoms with van der Waals surface area (Å²) in [4.78, 5) is 0. The van der Waals surface area contributed by atoms with Gasteiger partial charge < -0.3 is 13.3 Å². The molecule has 0 atom stereocenters. The van der Waals surface area contributed by atoms with Crippen molar-refractivity contribution in [2.75, 3.05) is 0 Å². The van der Waals surface area contributed by atoms with Crippen molar-refractivity contribution in [3.8, 4) is 122 Å². The molecule has 150 heavy (non-hydrogen) atoms. The molecule has 0 fully saturated rings. The largest absolute Gasteiger partial charge is 0.456 e. The third-order valence-corrected chi connectivity index (χ3v) is 32.1. The summed E-state index contributed by atoms with van der Waals surface area (Å²) in [5.41, 5.74) is 25.9. The van der Waals surface area contributed by atoms with Gasteiger partial charge >= 0.3 is 0 Å². The van der Waals surface area contributed by atoms with Crippen LogP contribution in [0, 0.1) is 0 Å². The van der Waals surface area contributed by atoms with Crippen molar-refractivity contribution < 1.29 is 46.1 Å². The third kappa shape index (κ3) is 13.2. The first-order valence-electron chi connectivity index (χ1n) is 62.5. The Hall–Kier alpha value is -18.5. The van der Waals surface area contributed by atoms with Crippen molar-refractivity contribution in [1.82, 2.24) is 0 Å². The van der Waals surface area contributed by atoms with E-state index in [9.17, 15) is 16.4 Å². The van der Waals surface area contributed by atoms with E-state index in [-0.39, 0.29) is 148 Å². The van der Waals surface area contributed by atoms with E-state index in [1.54, 1.807) is 6.07 Å². The Balaban J connectivity index is 0.000000115. The van der Waals surface area contributed by atoms with Crippen molar-refractivity contribution >= 4 is 163 Å². The molecule has 0 aliphatic heterocycles. The minimum Gasteiger partial charge on any atom is -0.456 e. The summed E-state index contributed by atoms with van der Waals surface area (Å²) >= 11 is 0. The summed E-state index contributed by atoms with van der Waals surface area (Å²) < 4.78 is 240. The molecule has 29 aromatic rings. The first-order valence-corrected chi connectivity index (χ1v) is 50.5. The highest BCUT2D eigenvalue weighted by Crippen LogP contribution is 2.58. The highest BCUT2D eigenvalue weighted by Gasteiger charge is 2.40. The molecule has 3 heteroatoms. The van der Waals surface area contributed by atoms with Gasteiger partial charge in [-0.25, -0.2) is 0 Å². The Morgan fingerprint density at radius 3 is 0.700 bits per heavy atom. The fourth-order valence-corrected chi connectivity index (χ4v) is 25.0. The number of fused-ring (bicyclic) bond motifs is 27. The molecule has 32 rings (SSSR count). The van der Waals surface area contributed by atoms with Crippen LogP contribution in [-0.2, 0) is 16.2 Å². The van der Waals surface area contributed by atoms with E-state index < -0.39 is 77.9 Å². The van der Waals surface area contributed by atoms with E-state index in [0.29, 0.717) is 116 Å². The second-order valence-corrected chi connectivity index (χ2v) is 41.1. The summed E-state index contributed by atoms with van der Waals surface area (Å²) in [6, 6.07) is 103. The predicted molar refractivity (Wildman–Crippen MR) is 635 cm³/mol. The van der Waals surface area contributed by atoms with Crippen LogP contribution >= 0.6 is 0 Å². The molecule has 0 radical (unpaired) electrons. The maximum atomic E-state index is 9.55. The van der Waals surface area contributed by atoms with Crippen LogP contribution in [0.25, 0.3) is 285 Å². The third-order valence-electron chi connectivity index (χ3n) is 32.1. The molecule has 26 aromatic carbocycles. The molecule has 0 saturated heterocycles. The Morgan fingerprint density at radius 2 is 0.373 bits per heavy atom. The quantitative estimate of drug-likeness (QED) is 0.142. The van der Waals surface area contributed by atoms with Crippen LogP contribution in [0.2, 0.25) is 0 Å². The number of benzene rings is 26. The molecule has 0 saturated carbocycles. The van der Waals surface area contributed by atoms with Gasteiger partial charge in [0.05, 0.1) is 32.9 Å². The van der Waals surface area contributed by atoms with E-state index >= 15 is 0 Å². The van der Waals surface area contributed by atoms with Crippen LogP contribution in [0.4, 0.5) is 0 Å². The number of hydrogen-bond donors (Lipinski definition) is 0. The fraction of sp³-hybridized carbons (Fsp3) is 0.0612. The average Bonchev–Trinajstić information content (AvgIpc) is 0.857. The first kappa shape index (κ1) is 65.8. The molecule has 0 unspecified atom stereocenters. The molecule has 0 amide bonds. The molecule has 3 aliphatic rings. The van der Waals surface area contributed by atoms with Gasteiger partial charge in [-0.2, -0.15) is 0 Å². The van der Waals surface area contributed by atoms with Crippen LogP contribution in [0.3, 0.4) is 0 Å². The maximum Gasteiger partial charge on any atom is 0.136 e. The number of rotatable bonds is 8. The Morgan fingerprint density at radius 1 is 0.153 bits per heavy atom. The molecule has 3 nitrogen and oxygen atoms in total. The van der Waals surface area contributed by atoms with E-state index in [0.717, 1.165) is 87.4 Å². The van der Waals surface area contributed by atoms with Crippen molar-refractivity contribution in [3.63, 3.8) is 0 Å². The van der Waals surface area contributed by atoms with Gasteiger partial charge in [0.1, 0.15) is 33.5 Å². The van der Waals surface area contributed by atoms with Crippen LogP contribution < -0.4 is 0 Å². The summed E-state index contributed by atoms with van der Waals surface area (Å²) in [7, 11) is 0. The van der Waals surface area contributed by atoms with Gasteiger partial charge in [0.2, 0.25) is 0 Å². The SMILES string of the molecule is [2H]c1c([2H])c([2H])c2c(-c3cccc4oc5cc6ccccc6cc5c34)c3c([2H])c([2H])c([2H])c([2H])c3c(-c3ccc(-c4ccc5c(c4)C(C)(C)c4ccccc4-5)cc3)c2c1[2H].[2H]c1c([2H])c([2H])c2c(-c3cccc4oc5cc6ccccc6cc5c34)c3c([2H])c([2H])c([2H])c([2H])c3c(-c3ccc4c(c3)C(C)(C)c3ccccc3-4)c2c1[2H].[2H]c1c([2H])c([2H])c2c(-c3cccc4oc5cc6ccccc6cc5c34)c3c([2H])c([2H])c([2H])c([2H])c3c(-c3cccc(-c4ccc5c(c4)C(C)(C)c4ccccc4-5)c3)c2c1[2H]. The highest BCUT2D eigenvalue weighted by molar-refractivity contribution is 6.31. The predicted octanol–water partition coefficient (Wildman–Crippen LogP) is 41.4. The maximum absolute atomic E-state index is 9.55. The zero-order chi connectivity index (χ0) is 121. The van der Waals surface area contributed by atoms with E-state index in [4.69, 9.17) is 29.7 Å².